The number of rotatable bonds is 7. The summed E-state index contributed by atoms with van der Waals surface area (Å²) in [5.74, 6) is -2.52. The van der Waals surface area contributed by atoms with Crippen LogP contribution in [0.4, 0.5) is 4.39 Å². The number of hydrogen-bond acceptors (Lipinski definition) is 5. The molecule has 0 spiro atoms. The van der Waals surface area contributed by atoms with E-state index in [1.54, 1.807) is 0 Å². The highest BCUT2D eigenvalue weighted by Gasteiger charge is 2.26. The van der Waals surface area contributed by atoms with Crippen LogP contribution in [-0.4, -0.2) is 62.3 Å². The third kappa shape index (κ3) is 4.21. The Hall–Kier alpha value is -1.55. The predicted molar refractivity (Wildman–Crippen MR) is 71.1 cm³/mol. The van der Waals surface area contributed by atoms with Gasteiger partial charge in [-0.15, -0.1) is 0 Å². The van der Waals surface area contributed by atoms with E-state index >= 15 is 0 Å². The van der Waals surface area contributed by atoms with Crippen molar-refractivity contribution in [3.8, 4) is 0 Å². The zero-order valence-corrected chi connectivity index (χ0v) is 12.3. The maximum absolute atomic E-state index is 13.8. The second-order valence-corrected chi connectivity index (χ2v) is 6.36. The minimum absolute atomic E-state index is 0.0692. The van der Waals surface area contributed by atoms with Crippen LogP contribution < -0.4 is 0 Å². The zero-order chi connectivity index (χ0) is 16.2. The fourth-order valence-electron chi connectivity index (χ4n) is 1.65. The van der Waals surface area contributed by atoms with Gasteiger partial charge in [-0.25, -0.2) is 17.6 Å². The van der Waals surface area contributed by atoms with E-state index in [-0.39, 0.29) is 18.7 Å². The van der Waals surface area contributed by atoms with Crippen LogP contribution in [0.3, 0.4) is 0 Å². The number of aliphatic hydroxyl groups excluding tert-OH is 1. The lowest BCUT2D eigenvalue weighted by atomic mass is 10.2. The number of carboxylic acid groups (broad SMARTS) is 1. The molecule has 0 fully saturated rings. The molecule has 21 heavy (non-hydrogen) atoms. The normalized spacial score (nSPS) is 13.4. The lowest BCUT2D eigenvalue weighted by molar-refractivity contribution is 0.0554. The first kappa shape index (κ1) is 17.5. The molecule has 1 rings (SSSR count). The van der Waals surface area contributed by atoms with E-state index in [1.165, 1.54) is 14.2 Å². The smallest absolute Gasteiger partial charge is 0.335 e. The van der Waals surface area contributed by atoms with Crippen LogP contribution >= 0.6 is 0 Å². The lowest BCUT2D eigenvalue weighted by Crippen LogP contribution is -2.36. The summed E-state index contributed by atoms with van der Waals surface area (Å²) in [7, 11) is -1.65. The molecule has 0 bridgehead atoms. The number of hydrogen-bond donors (Lipinski definition) is 2. The first-order valence-corrected chi connectivity index (χ1v) is 7.30. The Morgan fingerprint density at radius 1 is 1.48 bits per heavy atom. The van der Waals surface area contributed by atoms with E-state index in [9.17, 15) is 22.7 Å². The number of aliphatic hydroxyl groups is 1. The molecule has 0 aromatic heterocycles. The Morgan fingerprint density at radius 2 is 2.10 bits per heavy atom. The van der Waals surface area contributed by atoms with E-state index in [2.05, 4.69) is 4.74 Å². The van der Waals surface area contributed by atoms with Gasteiger partial charge >= 0.3 is 5.97 Å². The van der Waals surface area contributed by atoms with Crippen molar-refractivity contribution in [1.29, 1.82) is 0 Å². The summed E-state index contributed by atoms with van der Waals surface area (Å²) >= 11 is 0. The highest BCUT2D eigenvalue weighted by molar-refractivity contribution is 7.89. The van der Waals surface area contributed by atoms with Gasteiger partial charge in [-0.3, -0.25) is 0 Å². The molecule has 0 saturated carbocycles. The molecular formula is C12H16FNO6S. The van der Waals surface area contributed by atoms with Crippen LogP contribution in [-0.2, 0) is 14.8 Å². The maximum atomic E-state index is 13.8. The molecule has 2 N–H and O–H groups in total. The summed E-state index contributed by atoms with van der Waals surface area (Å²) in [6.07, 6.45) is -1.06. The molecule has 0 saturated heterocycles. The standard InChI is InChI=1S/C12H16FNO6S/c1-14(6-9(15)7-20-2)21(18,19)11-4-3-8(12(16)17)5-10(11)13/h3-5,9,15H,6-7H2,1-2H3,(H,16,17). The van der Waals surface area contributed by atoms with Crippen molar-refractivity contribution in [1.82, 2.24) is 4.31 Å². The number of methoxy groups -OCH3 is 1. The Balaban J connectivity index is 3.05. The largest absolute Gasteiger partial charge is 0.478 e. The summed E-state index contributed by atoms with van der Waals surface area (Å²) in [6.45, 7) is -0.351. The molecule has 7 nitrogen and oxygen atoms in total. The number of halogens is 1. The molecule has 1 aromatic carbocycles. The van der Waals surface area contributed by atoms with E-state index in [1.807, 2.05) is 0 Å². The Bertz CT molecular complexity index is 618. The summed E-state index contributed by atoms with van der Waals surface area (Å²) < 4.78 is 43.6. The number of carbonyl (C=O) groups is 1. The Labute approximate surface area is 121 Å². The van der Waals surface area contributed by atoms with Gasteiger partial charge < -0.3 is 14.9 Å². The first-order chi connectivity index (χ1) is 9.70. The Kier molecular flexibility index (Phi) is 5.78. The number of aromatic carboxylic acids is 1. The van der Waals surface area contributed by atoms with Crippen LogP contribution in [0.1, 0.15) is 10.4 Å². The molecule has 0 aliphatic carbocycles. The molecule has 9 heteroatoms. The number of sulfonamides is 1. The minimum Gasteiger partial charge on any atom is -0.478 e. The number of carboxylic acids is 1. The van der Waals surface area contributed by atoms with Gasteiger partial charge in [0.1, 0.15) is 10.7 Å². The summed E-state index contributed by atoms with van der Waals surface area (Å²) in [4.78, 5) is 10.0. The van der Waals surface area contributed by atoms with Crippen molar-refractivity contribution >= 4 is 16.0 Å². The van der Waals surface area contributed by atoms with Crippen LogP contribution in [0, 0.1) is 5.82 Å². The van der Waals surface area contributed by atoms with Gasteiger partial charge in [-0.2, -0.15) is 4.31 Å². The van der Waals surface area contributed by atoms with E-state index in [0.717, 1.165) is 16.4 Å². The molecule has 0 aliphatic rings. The molecule has 0 aliphatic heterocycles. The number of nitrogens with zero attached hydrogens (tertiary/aromatic N) is 1. The van der Waals surface area contributed by atoms with E-state index in [0.29, 0.717) is 6.07 Å². The van der Waals surface area contributed by atoms with Gasteiger partial charge in [-0.05, 0) is 18.2 Å². The fraction of sp³-hybridized carbons (Fsp3) is 0.417. The summed E-state index contributed by atoms with van der Waals surface area (Å²) in [6, 6.07) is 2.51. The first-order valence-electron chi connectivity index (χ1n) is 5.86. The van der Waals surface area contributed by atoms with Gasteiger partial charge in [0.15, 0.2) is 0 Å². The minimum atomic E-state index is -4.18. The summed E-state index contributed by atoms with van der Waals surface area (Å²) in [5, 5.41) is 18.2. The second kappa shape index (κ2) is 6.94. The van der Waals surface area contributed by atoms with Crippen molar-refractivity contribution < 1.29 is 32.6 Å². The van der Waals surface area contributed by atoms with Crippen molar-refractivity contribution in [3.63, 3.8) is 0 Å². The van der Waals surface area contributed by atoms with Gasteiger partial charge in [0, 0.05) is 20.7 Å². The van der Waals surface area contributed by atoms with Crippen molar-refractivity contribution in [3.05, 3.63) is 29.6 Å². The molecule has 0 heterocycles. The average molecular weight is 321 g/mol. The SMILES string of the molecule is COCC(O)CN(C)S(=O)(=O)c1ccc(C(=O)O)cc1F. The molecule has 1 atom stereocenters. The van der Waals surface area contributed by atoms with Crippen LogP contribution in [0.25, 0.3) is 0 Å². The molecule has 1 unspecified atom stereocenters. The number of ether oxygens (including phenoxy) is 1. The lowest BCUT2D eigenvalue weighted by Gasteiger charge is -2.20. The topological polar surface area (TPSA) is 104 Å². The van der Waals surface area contributed by atoms with Crippen molar-refractivity contribution in [2.24, 2.45) is 0 Å². The van der Waals surface area contributed by atoms with E-state index < -0.39 is 32.8 Å². The van der Waals surface area contributed by atoms with Gasteiger partial charge in [0.05, 0.1) is 18.3 Å². The fourth-order valence-corrected chi connectivity index (χ4v) is 2.90. The third-order valence-electron chi connectivity index (χ3n) is 2.69. The van der Waals surface area contributed by atoms with Gasteiger partial charge in [-0.1, -0.05) is 0 Å². The monoisotopic (exact) mass is 321 g/mol. The van der Waals surface area contributed by atoms with Crippen LogP contribution in [0.5, 0.6) is 0 Å². The molecule has 1 aromatic rings. The Morgan fingerprint density at radius 3 is 2.57 bits per heavy atom. The molecular weight excluding hydrogens is 305 g/mol. The summed E-state index contributed by atoms with van der Waals surface area (Å²) in [5.41, 5.74) is -0.353. The van der Waals surface area contributed by atoms with Crippen molar-refractivity contribution in [2.45, 2.75) is 11.0 Å². The average Bonchev–Trinajstić information content (AvgIpc) is 2.38. The third-order valence-corrected chi connectivity index (χ3v) is 4.55. The highest BCUT2D eigenvalue weighted by Crippen LogP contribution is 2.20. The highest BCUT2D eigenvalue weighted by atomic mass is 32.2. The van der Waals surface area contributed by atoms with Gasteiger partial charge in [0.25, 0.3) is 0 Å². The number of benzene rings is 1. The predicted octanol–water partition coefficient (Wildman–Crippen LogP) is 0.152. The molecule has 118 valence electrons. The maximum Gasteiger partial charge on any atom is 0.335 e. The van der Waals surface area contributed by atoms with Crippen LogP contribution in [0.2, 0.25) is 0 Å². The quantitative estimate of drug-likeness (QED) is 0.741. The zero-order valence-electron chi connectivity index (χ0n) is 11.5. The van der Waals surface area contributed by atoms with Gasteiger partial charge in [0.2, 0.25) is 10.0 Å². The molecule has 0 radical (unpaired) electrons. The van der Waals surface area contributed by atoms with Crippen LogP contribution in [0.15, 0.2) is 23.1 Å². The number of likely N-dealkylation sites (N-methyl/N-ethyl adjacent to an activating group) is 1. The van der Waals surface area contributed by atoms with Crippen molar-refractivity contribution in [2.75, 3.05) is 27.3 Å². The van der Waals surface area contributed by atoms with E-state index in [4.69, 9.17) is 5.11 Å². The second-order valence-electron chi connectivity index (χ2n) is 4.35. The molecule has 0 amide bonds.